The molecule has 5 N–H and O–H groups in total. The van der Waals surface area contributed by atoms with E-state index in [4.69, 9.17) is 20.7 Å². The maximum Gasteiger partial charge on any atom is 0.282 e. The van der Waals surface area contributed by atoms with Crippen molar-refractivity contribution in [2.24, 2.45) is 10.7 Å². The number of nitrogens with two attached hydrogens (primary N) is 1. The second kappa shape index (κ2) is 3.91. The summed E-state index contributed by atoms with van der Waals surface area (Å²) in [7, 11) is 0. The summed E-state index contributed by atoms with van der Waals surface area (Å²) in [6.45, 7) is 1.19. The molecule has 0 fully saturated rings. The Bertz CT molecular complexity index is 209. The van der Waals surface area contributed by atoms with Gasteiger partial charge in [-0.3, -0.25) is 0 Å². The molecule has 1 heterocycles. The van der Waals surface area contributed by atoms with E-state index in [0.717, 1.165) is 0 Å². The quantitative estimate of drug-likeness (QED) is 0.404. The number of aliphatic imine (C=N–C) groups is 1. The Morgan fingerprint density at radius 3 is 2.62 bits per heavy atom. The monoisotopic (exact) mass is 190 g/mol. The lowest BCUT2D eigenvalue weighted by atomic mass is 10.0. The largest absolute Gasteiger partial charge is 0.457 e. The summed E-state index contributed by atoms with van der Waals surface area (Å²) < 4.78 is 4.96. The van der Waals surface area contributed by atoms with Gasteiger partial charge in [0.05, 0.1) is 12.6 Å². The van der Waals surface area contributed by atoms with Crippen LogP contribution in [0.3, 0.4) is 0 Å². The second-order valence-corrected chi connectivity index (χ2v) is 3.03. The van der Waals surface area contributed by atoms with E-state index in [9.17, 15) is 5.11 Å². The van der Waals surface area contributed by atoms with E-state index < -0.39 is 24.9 Å². The fraction of sp³-hybridized carbons (Fsp3) is 0.857. The minimum atomic E-state index is -1.23. The number of nitrogens with zero attached hydrogens (tertiary/aromatic N) is 1. The van der Waals surface area contributed by atoms with Gasteiger partial charge in [0.25, 0.3) is 6.02 Å². The second-order valence-electron chi connectivity index (χ2n) is 3.03. The molecule has 0 aliphatic carbocycles. The average molecular weight is 190 g/mol. The predicted octanol–water partition coefficient (Wildman–Crippen LogP) is -2.20. The summed E-state index contributed by atoms with van der Waals surface area (Å²) in [5.41, 5.74) is 5.27. The van der Waals surface area contributed by atoms with Gasteiger partial charge in [0.2, 0.25) is 0 Å². The number of rotatable bonds is 3. The molecule has 0 radical (unpaired) electrons. The third-order valence-electron chi connectivity index (χ3n) is 1.98. The Morgan fingerprint density at radius 1 is 1.62 bits per heavy atom. The Kier molecular flexibility index (Phi) is 3.07. The van der Waals surface area contributed by atoms with Gasteiger partial charge in [-0.05, 0) is 6.92 Å². The van der Waals surface area contributed by atoms with Crippen LogP contribution in [0.2, 0.25) is 0 Å². The number of ether oxygens (including phenoxy) is 1. The van der Waals surface area contributed by atoms with Gasteiger partial charge in [0.1, 0.15) is 12.2 Å². The molecule has 1 aliphatic heterocycles. The molecule has 4 atom stereocenters. The first-order valence-corrected chi connectivity index (χ1v) is 4.03. The van der Waals surface area contributed by atoms with Gasteiger partial charge in [-0.2, -0.15) is 0 Å². The minimum Gasteiger partial charge on any atom is -0.457 e. The summed E-state index contributed by atoms with van der Waals surface area (Å²) in [6, 6.07) is -0.308. The normalized spacial score (nSPS) is 32.2. The number of amidine groups is 1. The van der Waals surface area contributed by atoms with Crippen molar-refractivity contribution in [3.63, 3.8) is 0 Å². The van der Waals surface area contributed by atoms with Crippen molar-refractivity contribution >= 4 is 6.02 Å². The van der Waals surface area contributed by atoms with Crippen LogP contribution in [0.4, 0.5) is 0 Å². The van der Waals surface area contributed by atoms with Gasteiger partial charge in [-0.15, -0.1) is 0 Å². The van der Waals surface area contributed by atoms with E-state index in [-0.39, 0.29) is 12.1 Å². The number of aliphatic hydroxyl groups excluding tert-OH is 3. The van der Waals surface area contributed by atoms with Crippen LogP contribution >= 0.6 is 0 Å². The summed E-state index contributed by atoms with van der Waals surface area (Å²) in [6.07, 6.45) is -3.08. The highest BCUT2D eigenvalue weighted by atomic mass is 16.5. The Morgan fingerprint density at radius 2 is 2.23 bits per heavy atom. The van der Waals surface area contributed by atoms with Crippen molar-refractivity contribution in [1.29, 1.82) is 0 Å². The zero-order valence-corrected chi connectivity index (χ0v) is 7.29. The zero-order valence-electron chi connectivity index (χ0n) is 7.29. The standard InChI is InChI=1S/C7H14N2O4/c1-3-6(13-7(8)9-3)5(12)4(11)2-10/h3-6,10-12H,2H2,1H3,(H2,8,9)/t3-,4-,5?,6?/m1/s1. The van der Waals surface area contributed by atoms with Crippen LogP contribution in [0.5, 0.6) is 0 Å². The first-order chi connectivity index (χ1) is 6.06. The highest BCUT2D eigenvalue weighted by Crippen LogP contribution is 2.16. The zero-order chi connectivity index (χ0) is 10.0. The van der Waals surface area contributed by atoms with Crippen LogP contribution in [0.25, 0.3) is 0 Å². The lowest BCUT2D eigenvalue weighted by Crippen LogP contribution is -2.44. The molecule has 6 nitrogen and oxygen atoms in total. The molecule has 2 unspecified atom stereocenters. The topological polar surface area (TPSA) is 108 Å². The van der Waals surface area contributed by atoms with Gasteiger partial charge < -0.3 is 25.8 Å². The highest BCUT2D eigenvalue weighted by Gasteiger charge is 2.36. The van der Waals surface area contributed by atoms with E-state index in [1.807, 2.05) is 0 Å². The highest BCUT2D eigenvalue weighted by molar-refractivity contribution is 5.73. The molecule has 6 heteroatoms. The smallest absolute Gasteiger partial charge is 0.282 e. The van der Waals surface area contributed by atoms with Crippen molar-refractivity contribution in [2.75, 3.05) is 6.61 Å². The number of hydrogen-bond acceptors (Lipinski definition) is 6. The Hall–Kier alpha value is -0.850. The summed E-state index contributed by atoms with van der Waals surface area (Å²) in [4.78, 5) is 3.83. The fourth-order valence-corrected chi connectivity index (χ4v) is 1.22. The number of aliphatic hydroxyl groups is 3. The Balaban J connectivity index is 2.55. The van der Waals surface area contributed by atoms with E-state index >= 15 is 0 Å². The van der Waals surface area contributed by atoms with Crippen molar-refractivity contribution in [1.82, 2.24) is 0 Å². The fourth-order valence-electron chi connectivity index (χ4n) is 1.22. The molecule has 0 spiro atoms. The lowest BCUT2D eigenvalue weighted by Gasteiger charge is -2.23. The average Bonchev–Trinajstić information content (AvgIpc) is 2.42. The molecule has 0 saturated carbocycles. The van der Waals surface area contributed by atoms with Gasteiger partial charge in [-0.1, -0.05) is 0 Å². The predicted molar refractivity (Wildman–Crippen MR) is 45.1 cm³/mol. The van der Waals surface area contributed by atoms with Crippen molar-refractivity contribution < 1.29 is 20.1 Å². The SMILES string of the molecule is C[C@H]1N=C(N)OC1C(O)[C@H](O)CO. The summed E-state index contributed by atoms with van der Waals surface area (Å²) >= 11 is 0. The van der Waals surface area contributed by atoms with Gasteiger partial charge in [0.15, 0.2) is 6.10 Å². The molecule has 0 aromatic heterocycles. The molecule has 1 aliphatic rings. The molecule has 0 aromatic rings. The van der Waals surface area contributed by atoms with E-state index in [1.54, 1.807) is 6.92 Å². The van der Waals surface area contributed by atoms with E-state index in [0.29, 0.717) is 0 Å². The molecule has 1 rings (SSSR count). The summed E-state index contributed by atoms with van der Waals surface area (Å²) in [5, 5.41) is 27.1. The van der Waals surface area contributed by atoms with Crippen LogP contribution in [0, 0.1) is 0 Å². The number of hydrogen-bond donors (Lipinski definition) is 4. The third kappa shape index (κ3) is 2.09. The molecule has 0 bridgehead atoms. The van der Waals surface area contributed by atoms with E-state index in [1.165, 1.54) is 0 Å². The molecule has 76 valence electrons. The van der Waals surface area contributed by atoms with Crippen LogP contribution < -0.4 is 5.73 Å². The maximum absolute atomic E-state index is 9.44. The first kappa shape index (κ1) is 10.2. The Labute approximate surface area is 75.7 Å². The molecule has 0 amide bonds. The van der Waals surface area contributed by atoms with E-state index in [2.05, 4.69) is 4.99 Å². The molecular weight excluding hydrogens is 176 g/mol. The van der Waals surface area contributed by atoms with Crippen molar-refractivity contribution in [3.05, 3.63) is 0 Å². The van der Waals surface area contributed by atoms with Gasteiger partial charge in [-0.25, -0.2) is 4.99 Å². The molecule has 0 aromatic carbocycles. The van der Waals surface area contributed by atoms with Crippen LogP contribution in [0.15, 0.2) is 4.99 Å². The van der Waals surface area contributed by atoms with Gasteiger partial charge >= 0.3 is 0 Å². The van der Waals surface area contributed by atoms with Crippen LogP contribution in [-0.4, -0.2) is 52.3 Å². The van der Waals surface area contributed by atoms with Crippen LogP contribution in [-0.2, 0) is 4.74 Å². The summed E-state index contributed by atoms with van der Waals surface area (Å²) in [5.74, 6) is 0. The molecule has 0 saturated heterocycles. The van der Waals surface area contributed by atoms with Crippen molar-refractivity contribution in [3.8, 4) is 0 Å². The lowest BCUT2D eigenvalue weighted by molar-refractivity contribution is -0.0702. The molecular formula is C7H14N2O4. The van der Waals surface area contributed by atoms with Crippen molar-refractivity contribution in [2.45, 2.75) is 31.3 Å². The third-order valence-corrected chi connectivity index (χ3v) is 1.98. The first-order valence-electron chi connectivity index (χ1n) is 4.03. The van der Waals surface area contributed by atoms with Gasteiger partial charge in [0, 0.05) is 0 Å². The van der Waals surface area contributed by atoms with Crippen LogP contribution in [0.1, 0.15) is 6.92 Å². The maximum atomic E-state index is 9.44. The molecule has 13 heavy (non-hydrogen) atoms. The minimum absolute atomic E-state index is 0.00156.